The molecule has 0 saturated heterocycles. The number of rotatable bonds is 6. The first kappa shape index (κ1) is 12.7. The molecule has 1 aromatic carbocycles. The molecule has 2 N–H and O–H groups in total. The molecule has 0 aliphatic heterocycles. The molecule has 0 saturated carbocycles. The summed E-state index contributed by atoms with van der Waals surface area (Å²) >= 11 is 0. The van der Waals surface area contributed by atoms with Crippen LogP contribution in [-0.4, -0.2) is 9.67 Å². The van der Waals surface area contributed by atoms with Gasteiger partial charge in [-0.25, -0.2) is 0 Å². The molecule has 0 aliphatic rings. The maximum absolute atomic E-state index is 9.64. The van der Waals surface area contributed by atoms with E-state index < -0.39 is 0 Å². The van der Waals surface area contributed by atoms with E-state index in [1.165, 1.54) is 5.56 Å². The fraction of sp³-hybridized carbons (Fsp3) is 0.333. The number of benzene rings is 1. The topological polar surface area (TPSA) is 37.2 Å². The molecule has 1 heterocycles. The van der Waals surface area contributed by atoms with Crippen LogP contribution in [0.15, 0.2) is 42.7 Å². The second-order valence-electron chi connectivity index (χ2n) is 4.49. The lowest BCUT2D eigenvalue weighted by molar-refractivity contribution is 0.464. The zero-order valence-electron chi connectivity index (χ0n) is 10.8. The van der Waals surface area contributed by atoms with Crippen LogP contribution in [0.5, 0.6) is 5.75 Å². The number of hydrogen-bond donors (Lipinski definition) is 2. The quantitative estimate of drug-likeness (QED) is 0.820. The summed E-state index contributed by atoms with van der Waals surface area (Å²) in [7, 11) is 0. The molecule has 18 heavy (non-hydrogen) atoms. The van der Waals surface area contributed by atoms with E-state index in [9.17, 15) is 5.11 Å². The van der Waals surface area contributed by atoms with E-state index in [4.69, 9.17) is 0 Å². The van der Waals surface area contributed by atoms with Crippen molar-refractivity contribution in [3.8, 4) is 5.75 Å². The Labute approximate surface area is 108 Å². The molecule has 0 bridgehead atoms. The molecule has 3 nitrogen and oxygen atoms in total. The Bertz CT molecular complexity index is 491. The van der Waals surface area contributed by atoms with Crippen molar-refractivity contribution in [3.05, 3.63) is 53.9 Å². The molecule has 3 heteroatoms. The number of phenolic OH excluding ortho intramolecular Hbond substituents is 1. The van der Waals surface area contributed by atoms with Gasteiger partial charge in [-0.3, -0.25) is 0 Å². The van der Waals surface area contributed by atoms with Crippen LogP contribution in [0.3, 0.4) is 0 Å². The van der Waals surface area contributed by atoms with Gasteiger partial charge in [-0.1, -0.05) is 25.1 Å². The summed E-state index contributed by atoms with van der Waals surface area (Å²) in [4.78, 5) is 0. The van der Waals surface area contributed by atoms with E-state index >= 15 is 0 Å². The van der Waals surface area contributed by atoms with Gasteiger partial charge in [0.25, 0.3) is 0 Å². The fourth-order valence-corrected chi connectivity index (χ4v) is 1.99. The molecule has 0 aliphatic carbocycles. The Morgan fingerprint density at radius 2 is 2.00 bits per heavy atom. The second kappa shape index (κ2) is 6.26. The third-order valence-corrected chi connectivity index (χ3v) is 2.93. The average Bonchev–Trinajstić information content (AvgIpc) is 2.80. The maximum Gasteiger partial charge on any atom is 0.120 e. The van der Waals surface area contributed by atoms with Gasteiger partial charge in [0.15, 0.2) is 0 Å². The second-order valence-corrected chi connectivity index (χ2v) is 4.49. The van der Waals surface area contributed by atoms with Crippen molar-refractivity contribution >= 4 is 0 Å². The molecule has 0 unspecified atom stereocenters. The summed E-state index contributed by atoms with van der Waals surface area (Å²) in [5.41, 5.74) is 2.21. The number of aromatic hydroxyl groups is 1. The van der Waals surface area contributed by atoms with Gasteiger partial charge in [-0.2, -0.15) is 0 Å². The Morgan fingerprint density at radius 1 is 1.17 bits per heavy atom. The van der Waals surface area contributed by atoms with Gasteiger partial charge in [0.05, 0.1) is 0 Å². The highest BCUT2D eigenvalue weighted by atomic mass is 16.3. The van der Waals surface area contributed by atoms with Crippen LogP contribution in [0.25, 0.3) is 0 Å². The van der Waals surface area contributed by atoms with E-state index in [0.29, 0.717) is 12.3 Å². The molecular formula is C15H20N2O. The van der Waals surface area contributed by atoms with Gasteiger partial charge in [0, 0.05) is 37.6 Å². The highest BCUT2D eigenvalue weighted by molar-refractivity contribution is 5.31. The van der Waals surface area contributed by atoms with Crippen molar-refractivity contribution in [2.45, 2.75) is 33.0 Å². The van der Waals surface area contributed by atoms with Gasteiger partial charge >= 0.3 is 0 Å². The summed E-state index contributed by atoms with van der Waals surface area (Å²) in [6.07, 6.45) is 5.43. The maximum atomic E-state index is 9.64. The van der Waals surface area contributed by atoms with Crippen LogP contribution in [0.1, 0.15) is 24.5 Å². The summed E-state index contributed by atoms with van der Waals surface area (Å²) in [5, 5.41) is 13.0. The van der Waals surface area contributed by atoms with Crippen LogP contribution in [-0.2, 0) is 19.6 Å². The Morgan fingerprint density at radius 3 is 2.78 bits per heavy atom. The lowest BCUT2D eigenvalue weighted by Gasteiger charge is -2.05. The van der Waals surface area contributed by atoms with Crippen molar-refractivity contribution in [1.29, 1.82) is 0 Å². The van der Waals surface area contributed by atoms with Crippen molar-refractivity contribution in [3.63, 3.8) is 0 Å². The normalized spacial score (nSPS) is 10.7. The first-order valence-electron chi connectivity index (χ1n) is 6.42. The van der Waals surface area contributed by atoms with Crippen molar-refractivity contribution in [2.75, 3.05) is 0 Å². The minimum Gasteiger partial charge on any atom is -0.508 e. The average molecular weight is 244 g/mol. The lowest BCUT2D eigenvalue weighted by Crippen LogP contribution is -2.12. The standard InChI is InChI=1S/C15H20N2O/c1-2-8-17-9-7-13(12-17)10-16-11-14-5-3-4-6-15(14)18/h3-7,9,12,16,18H,2,8,10-11H2,1H3. The molecule has 0 spiro atoms. The fourth-order valence-electron chi connectivity index (χ4n) is 1.99. The minimum atomic E-state index is 0.355. The first-order valence-corrected chi connectivity index (χ1v) is 6.42. The largest absolute Gasteiger partial charge is 0.508 e. The molecule has 0 fully saturated rings. The molecule has 96 valence electrons. The van der Waals surface area contributed by atoms with Crippen molar-refractivity contribution in [2.24, 2.45) is 0 Å². The monoisotopic (exact) mass is 244 g/mol. The number of phenols is 1. The predicted molar refractivity (Wildman–Crippen MR) is 73.4 cm³/mol. The predicted octanol–water partition coefficient (Wildman–Crippen LogP) is 2.89. The smallest absolute Gasteiger partial charge is 0.120 e. The number of hydrogen-bond acceptors (Lipinski definition) is 2. The summed E-state index contributed by atoms with van der Waals surface area (Å²) in [6.45, 7) is 4.76. The highest BCUT2D eigenvalue weighted by Crippen LogP contribution is 2.15. The summed E-state index contributed by atoms with van der Waals surface area (Å²) in [5.74, 6) is 0.355. The van der Waals surface area contributed by atoms with E-state index in [2.05, 4.69) is 35.3 Å². The van der Waals surface area contributed by atoms with Crippen molar-refractivity contribution in [1.82, 2.24) is 9.88 Å². The summed E-state index contributed by atoms with van der Waals surface area (Å²) < 4.78 is 2.21. The zero-order valence-corrected chi connectivity index (χ0v) is 10.8. The van der Waals surface area contributed by atoms with Crippen LogP contribution in [0, 0.1) is 0 Å². The number of aromatic nitrogens is 1. The number of para-hydroxylation sites is 1. The lowest BCUT2D eigenvalue weighted by atomic mass is 10.2. The molecule has 2 aromatic rings. The molecule has 1 aromatic heterocycles. The van der Waals surface area contributed by atoms with E-state index in [1.54, 1.807) is 6.07 Å². The highest BCUT2D eigenvalue weighted by Gasteiger charge is 2.00. The zero-order chi connectivity index (χ0) is 12.8. The van der Waals surface area contributed by atoms with Crippen LogP contribution >= 0.6 is 0 Å². The molecule has 2 rings (SSSR count). The van der Waals surface area contributed by atoms with Crippen LogP contribution in [0.2, 0.25) is 0 Å². The van der Waals surface area contributed by atoms with Gasteiger partial charge < -0.3 is 15.0 Å². The van der Waals surface area contributed by atoms with Crippen LogP contribution in [0.4, 0.5) is 0 Å². The third-order valence-electron chi connectivity index (χ3n) is 2.93. The third kappa shape index (κ3) is 3.37. The van der Waals surface area contributed by atoms with Gasteiger partial charge in [-0.15, -0.1) is 0 Å². The number of nitrogens with zero attached hydrogens (tertiary/aromatic N) is 1. The number of nitrogens with one attached hydrogen (secondary N) is 1. The van der Waals surface area contributed by atoms with E-state index in [0.717, 1.165) is 25.1 Å². The van der Waals surface area contributed by atoms with Gasteiger partial charge in [0.2, 0.25) is 0 Å². The molecule has 0 atom stereocenters. The van der Waals surface area contributed by atoms with E-state index in [-0.39, 0.29) is 0 Å². The molecule has 0 amide bonds. The molecule has 0 radical (unpaired) electrons. The van der Waals surface area contributed by atoms with Crippen LogP contribution < -0.4 is 5.32 Å². The SMILES string of the molecule is CCCn1ccc(CNCc2ccccc2O)c1. The summed E-state index contributed by atoms with van der Waals surface area (Å²) in [6, 6.07) is 9.56. The van der Waals surface area contributed by atoms with Gasteiger partial charge in [-0.05, 0) is 24.1 Å². The molecular weight excluding hydrogens is 224 g/mol. The van der Waals surface area contributed by atoms with Gasteiger partial charge in [0.1, 0.15) is 5.75 Å². The minimum absolute atomic E-state index is 0.355. The Balaban J connectivity index is 1.83. The Kier molecular flexibility index (Phi) is 4.42. The van der Waals surface area contributed by atoms with Crippen molar-refractivity contribution < 1.29 is 5.11 Å². The first-order chi connectivity index (χ1) is 8.79. The number of aryl methyl sites for hydroxylation is 1. The van der Waals surface area contributed by atoms with E-state index in [1.807, 2.05) is 18.2 Å². The Hall–Kier alpha value is -1.74.